The standard InChI is InChI=1S/C21H17N3O5S/c1-12(25)29-17-7-5-4-6-15(17)19-22-21-24(23-19)20(26)18(30-21)11-13-10-14(27-2)8-9-16(13)28-3/h4-11H,1-3H3/b18-11-. The Balaban J connectivity index is 1.81. The van der Waals surface area contributed by atoms with E-state index < -0.39 is 5.97 Å². The Labute approximate surface area is 175 Å². The van der Waals surface area contributed by atoms with Crippen molar-refractivity contribution < 1.29 is 19.0 Å². The molecule has 0 aliphatic carbocycles. The van der Waals surface area contributed by atoms with Crippen LogP contribution in [0.15, 0.2) is 47.3 Å². The van der Waals surface area contributed by atoms with Crippen LogP contribution in [0.5, 0.6) is 17.2 Å². The van der Waals surface area contributed by atoms with Gasteiger partial charge in [0.2, 0.25) is 4.96 Å². The average molecular weight is 423 g/mol. The number of para-hydroxylation sites is 1. The SMILES string of the molecule is COc1ccc(OC)c(/C=c2\sc3nc(-c4ccccc4OC(C)=O)nn3c2=O)c1. The lowest BCUT2D eigenvalue weighted by Gasteiger charge is -2.06. The highest BCUT2D eigenvalue weighted by Crippen LogP contribution is 2.28. The molecule has 152 valence electrons. The van der Waals surface area contributed by atoms with Gasteiger partial charge in [0.15, 0.2) is 5.82 Å². The van der Waals surface area contributed by atoms with Crippen LogP contribution in [0.2, 0.25) is 0 Å². The van der Waals surface area contributed by atoms with Gasteiger partial charge in [-0.2, -0.15) is 9.50 Å². The van der Waals surface area contributed by atoms with Crippen LogP contribution in [0.4, 0.5) is 0 Å². The van der Waals surface area contributed by atoms with Gasteiger partial charge in [-0.1, -0.05) is 23.5 Å². The molecule has 0 atom stereocenters. The minimum atomic E-state index is -0.447. The molecule has 0 saturated heterocycles. The molecule has 0 unspecified atom stereocenters. The summed E-state index contributed by atoms with van der Waals surface area (Å²) in [4.78, 5) is 29.1. The highest BCUT2D eigenvalue weighted by atomic mass is 32.1. The van der Waals surface area contributed by atoms with E-state index in [4.69, 9.17) is 14.2 Å². The molecule has 0 aliphatic rings. The third-order valence-electron chi connectivity index (χ3n) is 4.29. The number of carbonyl (C=O) groups excluding carboxylic acids is 1. The molecule has 2 aromatic carbocycles. The highest BCUT2D eigenvalue weighted by molar-refractivity contribution is 7.15. The molecule has 0 radical (unpaired) electrons. The number of thiazole rings is 1. The molecule has 0 fully saturated rings. The summed E-state index contributed by atoms with van der Waals surface area (Å²) in [7, 11) is 3.13. The number of fused-ring (bicyclic) bond motifs is 1. The summed E-state index contributed by atoms with van der Waals surface area (Å²) in [5, 5.41) is 4.33. The van der Waals surface area contributed by atoms with E-state index in [9.17, 15) is 9.59 Å². The summed E-state index contributed by atoms with van der Waals surface area (Å²) in [6, 6.07) is 12.3. The Bertz CT molecular complexity index is 1360. The average Bonchev–Trinajstić information content (AvgIpc) is 3.27. The number of methoxy groups -OCH3 is 2. The van der Waals surface area contributed by atoms with E-state index in [2.05, 4.69) is 10.1 Å². The lowest BCUT2D eigenvalue weighted by atomic mass is 10.2. The van der Waals surface area contributed by atoms with Crippen LogP contribution in [0.1, 0.15) is 12.5 Å². The molecule has 0 N–H and O–H groups in total. The fourth-order valence-electron chi connectivity index (χ4n) is 2.94. The molecule has 2 heterocycles. The molecule has 4 aromatic rings. The predicted octanol–water partition coefficient (Wildman–Crippen LogP) is 2.31. The van der Waals surface area contributed by atoms with Gasteiger partial charge in [0.25, 0.3) is 5.56 Å². The normalized spacial score (nSPS) is 11.6. The Morgan fingerprint density at radius 2 is 1.90 bits per heavy atom. The lowest BCUT2D eigenvalue weighted by molar-refractivity contribution is -0.131. The first kappa shape index (κ1) is 19.6. The number of ether oxygens (including phenoxy) is 3. The second-order valence-corrected chi connectivity index (χ2v) is 7.25. The van der Waals surface area contributed by atoms with E-state index in [1.165, 1.54) is 22.8 Å². The molecule has 0 bridgehead atoms. The van der Waals surface area contributed by atoms with Gasteiger partial charge in [0.1, 0.15) is 17.2 Å². The zero-order valence-electron chi connectivity index (χ0n) is 16.4. The van der Waals surface area contributed by atoms with E-state index in [0.29, 0.717) is 43.7 Å². The molecule has 0 spiro atoms. The Morgan fingerprint density at radius 3 is 2.60 bits per heavy atom. The van der Waals surface area contributed by atoms with Crippen molar-refractivity contribution in [3.8, 4) is 28.6 Å². The van der Waals surface area contributed by atoms with E-state index in [1.54, 1.807) is 62.8 Å². The molecular formula is C21H17N3O5S. The summed E-state index contributed by atoms with van der Waals surface area (Å²) in [5.41, 5.74) is 0.936. The molecule has 30 heavy (non-hydrogen) atoms. The number of hydrogen-bond acceptors (Lipinski definition) is 8. The fraction of sp³-hybridized carbons (Fsp3) is 0.143. The summed E-state index contributed by atoms with van der Waals surface area (Å²) in [6.07, 6.45) is 1.72. The molecular weight excluding hydrogens is 406 g/mol. The van der Waals surface area contributed by atoms with Crippen molar-refractivity contribution in [2.75, 3.05) is 14.2 Å². The van der Waals surface area contributed by atoms with Gasteiger partial charge in [-0.05, 0) is 36.4 Å². The summed E-state index contributed by atoms with van der Waals surface area (Å²) >= 11 is 1.20. The Hall–Kier alpha value is -3.72. The summed E-state index contributed by atoms with van der Waals surface area (Å²) < 4.78 is 17.5. The van der Waals surface area contributed by atoms with E-state index in [0.717, 1.165) is 0 Å². The van der Waals surface area contributed by atoms with Crippen molar-refractivity contribution in [2.45, 2.75) is 6.92 Å². The van der Waals surface area contributed by atoms with Crippen molar-refractivity contribution in [3.05, 3.63) is 62.9 Å². The molecule has 0 amide bonds. The number of hydrogen-bond donors (Lipinski definition) is 0. The van der Waals surface area contributed by atoms with Gasteiger partial charge in [-0.25, -0.2) is 0 Å². The van der Waals surface area contributed by atoms with Crippen LogP contribution < -0.4 is 24.3 Å². The van der Waals surface area contributed by atoms with Crippen molar-refractivity contribution in [1.29, 1.82) is 0 Å². The van der Waals surface area contributed by atoms with E-state index >= 15 is 0 Å². The molecule has 0 saturated carbocycles. The number of esters is 1. The second-order valence-electron chi connectivity index (χ2n) is 6.24. The van der Waals surface area contributed by atoms with Crippen molar-refractivity contribution in [3.63, 3.8) is 0 Å². The monoisotopic (exact) mass is 423 g/mol. The van der Waals surface area contributed by atoms with Crippen LogP contribution in [0, 0.1) is 0 Å². The summed E-state index contributed by atoms with van der Waals surface area (Å²) in [6.45, 7) is 1.32. The maximum absolute atomic E-state index is 12.9. The number of aromatic nitrogens is 3. The third-order valence-corrected chi connectivity index (χ3v) is 5.25. The predicted molar refractivity (Wildman–Crippen MR) is 112 cm³/mol. The second kappa shape index (κ2) is 7.96. The van der Waals surface area contributed by atoms with Crippen LogP contribution in [0.25, 0.3) is 22.4 Å². The molecule has 0 aliphatic heterocycles. The topological polar surface area (TPSA) is 92.0 Å². The molecule has 9 heteroatoms. The van der Waals surface area contributed by atoms with E-state index in [-0.39, 0.29) is 5.56 Å². The number of benzene rings is 2. The molecule has 2 aromatic heterocycles. The zero-order chi connectivity index (χ0) is 21.3. The van der Waals surface area contributed by atoms with Gasteiger partial charge in [0.05, 0.1) is 24.3 Å². The van der Waals surface area contributed by atoms with Gasteiger partial charge in [-0.15, -0.1) is 5.10 Å². The smallest absolute Gasteiger partial charge is 0.308 e. The van der Waals surface area contributed by atoms with Crippen molar-refractivity contribution >= 4 is 28.3 Å². The van der Waals surface area contributed by atoms with Crippen LogP contribution >= 0.6 is 11.3 Å². The van der Waals surface area contributed by atoms with Crippen molar-refractivity contribution in [1.82, 2.24) is 14.6 Å². The van der Waals surface area contributed by atoms with Crippen LogP contribution in [-0.4, -0.2) is 34.8 Å². The lowest BCUT2D eigenvalue weighted by Crippen LogP contribution is -2.23. The largest absolute Gasteiger partial charge is 0.497 e. The maximum Gasteiger partial charge on any atom is 0.308 e. The van der Waals surface area contributed by atoms with Gasteiger partial charge in [0, 0.05) is 12.5 Å². The molecule has 4 rings (SSSR count). The quantitative estimate of drug-likeness (QED) is 0.359. The fourth-order valence-corrected chi connectivity index (χ4v) is 3.84. The minimum Gasteiger partial charge on any atom is -0.497 e. The van der Waals surface area contributed by atoms with E-state index in [1.807, 2.05) is 0 Å². The van der Waals surface area contributed by atoms with Gasteiger partial charge in [-0.3, -0.25) is 9.59 Å². The first-order valence-corrected chi connectivity index (χ1v) is 9.73. The van der Waals surface area contributed by atoms with Gasteiger partial charge < -0.3 is 14.2 Å². The summed E-state index contributed by atoms with van der Waals surface area (Å²) in [5.74, 6) is 1.46. The van der Waals surface area contributed by atoms with Gasteiger partial charge >= 0.3 is 5.97 Å². The number of rotatable bonds is 5. The number of carbonyl (C=O) groups is 1. The number of nitrogens with zero attached hydrogens (tertiary/aromatic N) is 3. The third kappa shape index (κ3) is 3.62. The highest BCUT2D eigenvalue weighted by Gasteiger charge is 2.16. The van der Waals surface area contributed by atoms with Crippen LogP contribution in [-0.2, 0) is 4.79 Å². The first-order valence-electron chi connectivity index (χ1n) is 8.91. The Kier molecular flexibility index (Phi) is 5.20. The van der Waals surface area contributed by atoms with Crippen LogP contribution in [0.3, 0.4) is 0 Å². The molecule has 8 nitrogen and oxygen atoms in total. The maximum atomic E-state index is 12.9. The zero-order valence-corrected chi connectivity index (χ0v) is 17.2. The first-order chi connectivity index (χ1) is 14.5. The Morgan fingerprint density at radius 1 is 1.10 bits per heavy atom. The van der Waals surface area contributed by atoms with Crippen molar-refractivity contribution in [2.24, 2.45) is 0 Å². The minimum absolute atomic E-state index is 0.302.